The molecule has 0 fully saturated rings. The molecule has 0 aromatic carbocycles. The molecule has 0 radical (unpaired) electrons. The number of carbonyl (C=O) groups excluding carboxylic acids is 1. The molecule has 1 aromatic heterocycles. The van der Waals surface area contributed by atoms with E-state index in [2.05, 4.69) is 4.74 Å². The third kappa shape index (κ3) is 2.19. The normalized spacial score (nSPS) is 19.4. The monoisotopic (exact) mass is 279 g/mol. The van der Waals surface area contributed by atoms with Gasteiger partial charge in [0.15, 0.2) is 0 Å². The summed E-state index contributed by atoms with van der Waals surface area (Å²) in [4.78, 5) is 12.1. The average molecular weight is 279 g/mol. The van der Waals surface area contributed by atoms with Crippen LogP contribution in [0.3, 0.4) is 0 Å². The Morgan fingerprint density at radius 2 is 2.17 bits per heavy atom. The zero-order valence-corrected chi connectivity index (χ0v) is 10.5. The quantitative estimate of drug-likeness (QED) is 0.804. The van der Waals surface area contributed by atoms with Crippen molar-refractivity contribution >= 4 is 22.3 Å². The SMILES string of the molecule is COC(=O)c1c(N)sc2c1CCC(C(F)(F)F)C2. The lowest BCUT2D eigenvalue weighted by molar-refractivity contribution is -0.176. The number of carbonyl (C=O) groups is 1. The molecule has 1 aromatic rings. The van der Waals surface area contributed by atoms with Crippen LogP contribution in [0.5, 0.6) is 0 Å². The maximum Gasteiger partial charge on any atom is 0.392 e. The summed E-state index contributed by atoms with van der Waals surface area (Å²) >= 11 is 1.06. The Labute approximate surface area is 106 Å². The lowest BCUT2D eigenvalue weighted by Gasteiger charge is -2.24. The molecule has 0 aliphatic heterocycles. The van der Waals surface area contributed by atoms with Crippen LogP contribution in [-0.4, -0.2) is 19.3 Å². The third-order valence-electron chi connectivity index (χ3n) is 3.14. The van der Waals surface area contributed by atoms with Crippen molar-refractivity contribution in [1.82, 2.24) is 0 Å². The Morgan fingerprint density at radius 3 is 2.72 bits per heavy atom. The van der Waals surface area contributed by atoms with Crippen LogP contribution in [0.4, 0.5) is 18.2 Å². The number of nitrogens with two attached hydrogens (primary N) is 1. The van der Waals surface area contributed by atoms with Gasteiger partial charge in [-0.25, -0.2) is 4.79 Å². The predicted molar refractivity (Wildman–Crippen MR) is 61.6 cm³/mol. The minimum atomic E-state index is -4.19. The molecule has 0 bridgehead atoms. The summed E-state index contributed by atoms with van der Waals surface area (Å²) in [6, 6.07) is 0. The Bertz CT molecular complexity index is 481. The highest BCUT2D eigenvalue weighted by Crippen LogP contribution is 2.43. The molecule has 0 spiro atoms. The highest BCUT2D eigenvalue weighted by atomic mass is 32.1. The van der Waals surface area contributed by atoms with E-state index in [4.69, 9.17) is 5.73 Å². The van der Waals surface area contributed by atoms with Crippen LogP contribution in [0.25, 0.3) is 0 Å². The maximum atomic E-state index is 12.6. The van der Waals surface area contributed by atoms with E-state index in [1.165, 1.54) is 7.11 Å². The van der Waals surface area contributed by atoms with Crippen molar-refractivity contribution in [2.45, 2.75) is 25.4 Å². The first-order valence-corrected chi connectivity index (χ1v) is 6.21. The Balaban J connectivity index is 2.34. The second kappa shape index (κ2) is 4.46. The number of hydrogen-bond donors (Lipinski definition) is 1. The Morgan fingerprint density at radius 1 is 1.50 bits per heavy atom. The molecule has 3 nitrogen and oxygen atoms in total. The van der Waals surface area contributed by atoms with Crippen LogP contribution < -0.4 is 5.73 Å². The van der Waals surface area contributed by atoms with Crippen molar-refractivity contribution in [2.24, 2.45) is 5.92 Å². The van der Waals surface area contributed by atoms with Gasteiger partial charge in [-0.05, 0) is 24.8 Å². The van der Waals surface area contributed by atoms with Crippen LogP contribution in [-0.2, 0) is 17.6 Å². The minimum Gasteiger partial charge on any atom is -0.465 e. The Hall–Kier alpha value is -1.24. The molecule has 1 unspecified atom stereocenters. The molecular formula is C11H12F3NO2S. The summed E-state index contributed by atoms with van der Waals surface area (Å²) in [7, 11) is 1.23. The first-order valence-electron chi connectivity index (χ1n) is 5.39. The second-order valence-electron chi connectivity index (χ2n) is 4.22. The molecule has 0 saturated carbocycles. The number of methoxy groups -OCH3 is 1. The van der Waals surface area contributed by atoms with Gasteiger partial charge < -0.3 is 10.5 Å². The number of esters is 1. The Kier molecular flexibility index (Phi) is 3.27. The number of halogens is 3. The number of alkyl halides is 3. The van der Waals surface area contributed by atoms with Crippen molar-refractivity contribution in [3.05, 3.63) is 16.0 Å². The van der Waals surface area contributed by atoms with Gasteiger partial charge in [0, 0.05) is 4.88 Å². The van der Waals surface area contributed by atoms with Crippen molar-refractivity contribution in [3.8, 4) is 0 Å². The molecule has 7 heteroatoms. The summed E-state index contributed by atoms with van der Waals surface area (Å²) in [5.41, 5.74) is 6.57. The van der Waals surface area contributed by atoms with Crippen LogP contribution in [0.2, 0.25) is 0 Å². The zero-order valence-electron chi connectivity index (χ0n) is 9.63. The number of nitrogen functional groups attached to an aromatic ring is 1. The number of thiophene rings is 1. The average Bonchev–Trinajstić information content (AvgIpc) is 2.61. The molecule has 2 N–H and O–H groups in total. The minimum absolute atomic E-state index is 0.00331. The summed E-state index contributed by atoms with van der Waals surface area (Å²) in [6.45, 7) is 0. The van der Waals surface area contributed by atoms with E-state index in [9.17, 15) is 18.0 Å². The van der Waals surface area contributed by atoms with Gasteiger partial charge in [-0.1, -0.05) is 0 Å². The van der Waals surface area contributed by atoms with Crippen molar-refractivity contribution < 1.29 is 22.7 Å². The highest BCUT2D eigenvalue weighted by Gasteiger charge is 2.42. The van der Waals surface area contributed by atoms with Gasteiger partial charge in [-0.15, -0.1) is 11.3 Å². The summed E-state index contributed by atoms with van der Waals surface area (Å²) < 4.78 is 42.5. The van der Waals surface area contributed by atoms with Crippen LogP contribution >= 0.6 is 11.3 Å². The summed E-state index contributed by atoms with van der Waals surface area (Å²) in [5.74, 6) is -1.91. The fourth-order valence-corrected chi connectivity index (χ4v) is 3.40. The second-order valence-corrected chi connectivity index (χ2v) is 5.35. The van der Waals surface area contributed by atoms with Crippen LogP contribution in [0, 0.1) is 5.92 Å². The fourth-order valence-electron chi connectivity index (χ4n) is 2.21. The molecule has 1 heterocycles. The number of ether oxygens (including phenoxy) is 1. The smallest absolute Gasteiger partial charge is 0.392 e. The summed E-state index contributed by atoms with van der Waals surface area (Å²) in [5, 5.41) is 0.245. The van der Waals surface area contributed by atoms with Gasteiger partial charge in [0.2, 0.25) is 0 Å². The van der Waals surface area contributed by atoms with Crippen molar-refractivity contribution in [1.29, 1.82) is 0 Å². The molecule has 0 saturated heterocycles. The van der Waals surface area contributed by atoms with E-state index in [1.54, 1.807) is 0 Å². The van der Waals surface area contributed by atoms with E-state index in [1.807, 2.05) is 0 Å². The van der Waals surface area contributed by atoms with Gasteiger partial charge >= 0.3 is 12.1 Å². The standard InChI is InChI=1S/C11H12F3NO2S/c1-17-10(16)8-6-3-2-5(11(12,13)14)4-7(6)18-9(8)15/h5H,2-4,15H2,1H3. The van der Waals surface area contributed by atoms with Gasteiger partial charge in [-0.2, -0.15) is 13.2 Å². The fraction of sp³-hybridized carbons (Fsp3) is 0.545. The van der Waals surface area contributed by atoms with Gasteiger partial charge in [-0.3, -0.25) is 0 Å². The molecule has 1 atom stereocenters. The number of anilines is 1. The third-order valence-corrected chi connectivity index (χ3v) is 4.23. The van der Waals surface area contributed by atoms with Crippen molar-refractivity contribution in [2.75, 3.05) is 12.8 Å². The predicted octanol–water partition coefficient (Wildman–Crippen LogP) is 2.78. The van der Waals surface area contributed by atoms with Gasteiger partial charge in [0.25, 0.3) is 0 Å². The zero-order chi connectivity index (χ0) is 13.5. The topological polar surface area (TPSA) is 52.3 Å². The molecular weight excluding hydrogens is 267 g/mol. The van der Waals surface area contributed by atoms with Gasteiger partial charge in [0.05, 0.1) is 18.6 Å². The number of rotatable bonds is 1. The maximum absolute atomic E-state index is 12.6. The largest absolute Gasteiger partial charge is 0.465 e. The lowest BCUT2D eigenvalue weighted by Crippen LogP contribution is -2.28. The molecule has 100 valence electrons. The van der Waals surface area contributed by atoms with E-state index in [0.29, 0.717) is 10.4 Å². The molecule has 18 heavy (non-hydrogen) atoms. The molecule has 1 aliphatic rings. The number of hydrogen-bond acceptors (Lipinski definition) is 4. The lowest BCUT2D eigenvalue weighted by atomic mass is 9.87. The van der Waals surface area contributed by atoms with Crippen molar-refractivity contribution in [3.63, 3.8) is 0 Å². The van der Waals surface area contributed by atoms with E-state index in [0.717, 1.165) is 11.3 Å². The van der Waals surface area contributed by atoms with E-state index in [-0.39, 0.29) is 29.8 Å². The first kappa shape index (κ1) is 13.2. The van der Waals surface area contributed by atoms with Gasteiger partial charge in [0.1, 0.15) is 5.00 Å². The van der Waals surface area contributed by atoms with E-state index < -0.39 is 18.1 Å². The number of fused-ring (bicyclic) bond motifs is 1. The van der Waals surface area contributed by atoms with Crippen LogP contribution in [0.15, 0.2) is 0 Å². The summed E-state index contributed by atoms with van der Waals surface area (Å²) in [6.07, 6.45) is -4.07. The highest BCUT2D eigenvalue weighted by molar-refractivity contribution is 7.16. The molecule has 1 aliphatic carbocycles. The van der Waals surface area contributed by atoms with Crippen LogP contribution in [0.1, 0.15) is 27.2 Å². The van der Waals surface area contributed by atoms with E-state index >= 15 is 0 Å². The molecule has 2 rings (SSSR count). The first-order chi connectivity index (χ1) is 8.34. The molecule has 0 amide bonds.